The molecule has 2 heterocycles. The maximum Gasteiger partial charge on any atom is 0.270 e. The average Bonchev–Trinajstić information content (AvgIpc) is 3.06. The lowest BCUT2D eigenvalue weighted by Gasteiger charge is -2.45. The van der Waals surface area contributed by atoms with E-state index in [-0.39, 0.29) is 36.6 Å². The molecule has 2 aromatic carbocycles. The van der Waals surface area contributed by atoms with Crippen LogP contribution in [0.3, 0.4) is 0 Å². The Morgan fingerprint density at radius 2 is 1.58 bits per heavy atom. The van der Waals surface area contributed by atoms with Gasteiger partial charge in [-0.05, 0) is 61.0 Å². The van der Waals surface area contributed by atoms with E-state index in [0.29, 0.717) is 36.3 Å². The van der Waals surface area contributed by atoms with Crippen molar-refractivity contribution >= 4 is 59.0 Å². The highest BCUT2D eigenvalue weighted by atomic mass is 35.5. The molecule has 2 unspecified atom stereocenters. The van der Waals surface area contributed by atoms with Gasteiger partial charge in [-0.2, -0.15) is 0 Å². The summed E-state index contributed by atoms with van der Waals surface area (Å²) in [7, 11) is 0. The van der Waals surface area contributed by atoms with Crippen LogP contribution in [-0.2, 0) is 11.2 Å². The largest absolute Gasteiger partial charge is 0.339 e. The monoisotopic (exact) mass is 675 g/mol. The molecule has 1 aliphatic carbocycles. The molecule has 3 aromatic rings. The molecule has 0 spiro atoms. The SMILES string of the molecule is CCN(CC)CC(C1CCCCC1)N1CCN(C(=O)C(Cc2ccc(Cl)cc2)NC(=O)c2cc3ccccc3cn2)CC1.Cl.Cl. The van der Waals surface area contributed by atoms with Gasteiger partial charge in [0.1, 0.15) is 11.7 Å². The number of nitrogens with zero attached hydrogens (tertiary/aromatic N) is 4. The number of carbonyl (C=O) groups excluding carboxylic acids is 2. The maximum absolute atomic E-state index is 14.0. The summed E-state index contributed by atoms with van der Waals surface area (Å²) in [4.78, 5) is 39.0. The van der Waals surface area contributed by atoms with Crippen LogP contribution in [0, 0.1) is 5.92 Å². The van der Waals surface area contributed by atoms with Gasteiger partial charge in [0.15, 0.2) is 0 Å². The fourth-order valence-corrected chi connectivity index (χ4v) is 6.94. The molecular formula is C35H48Cl3N5O2. The quantitative estimate of drug-likeness (QED) is 0.251. The second kappa shape index (κ2) is 18.1. The summed E-state index contributed by atoms with van der Waals surface area (Å²) >= 11 is 6.13. The Labute approximate surface area is 285 Å². The first-order chi connectivity index (χ1) is 20.9. The van der Waals surface area contributed by atoms with E-state index in [1.54, 1.807) is 12.3 Å². The number of nitrogens with one attached hydrogen (secondary N) is 1. The van der Waals surface area contributed by atoms with Gasteiger partial charge < -0.3 is 15.1 Å². The van der Waals surface area contributed by atoms with E-state index in [1.807, 2.05) is 53.4 Å². The number of aromatic nitrogens is 1. The molecule has 5 rings (SSSR count). The fraction of sp³-hybridized carbons (Fsp3) is 0.514. The van der Waals surface area contributed by atoms with Crippen LogP contribution in [0.5, 0.6) is 0 Å². The van der Waals surface area contributed by atoms with Gasteiger partial charge in [0.05, 0.1) is 0 Å². The van der Waals surface area contributed by atoms with Crippen molar-refractivity contribution in [2.24, 2.45) is 5.92 Å². The number of hydrogen-bond donors (Lipinski definition) is 1. The lowest BCUT2D eigenvalue weighted by atomic mass is 9.82. The maximum atomic E-state index is 14.0. The van der Waals surface area contributed by atoms with Gasteiger partial charge in [0.2, 0.25) is 5.91 Å². The minimum Gasteiger partial charge on any atom is -0.339 e. The van der Waals surface area contributed by atoms with Gasteiger partial charge in [-0.3, -0.25) is 19.5 Å². The second-order valence-electron chi connectivity index (χ2n) is 12.1. The fourth-order valence-electron chi connectivity index (χ4n) is 6.82. The molecule has 2 amide bonds. The Bertz CT molecular complexity index is 1360. The van der Waals surface area contributed by atoms with Gasteiger partial charge >= 0.3 is 0 Å². The van der Waals surface area contributed by atoms with E-state index in [2.05, 4.69) is 33.9 Å². The van der Waals surface area contributed by atoms with Gasteiger partial charge in [-0.15, -0.1) is 24.8 Å². The van der Waals surface area contributed by atoms with E-state index in [9.17, 15) is 9.59 Å². The highest BCUT2D eigenvalue weighted by Gasteiger charge is 2.35. The standard InChI is InChI=1S/C35H46ClN5O2.2ClH/c1-3-39(4-2)25-33(27-10-6-5-7-11-27)40-18-20-41(21-19-40)35(43)32(22-26-14-16-30(36)17-15-26)38-34(42)31-23-28-12-8-9-13-29(28)24-37-31;;/h8-9,12-17,23-24,27,32-33H,3-7,10-11,18-22,25H2,1-2H3,(H,38,42);2*1H. The molecule has 0 bridgehead atoms. The lowest BCUT2D eigenvalue weighted by Crippen LogP contribution is -2.59. The molecule has 1 aromatic heterocycles. The third-order valence-corrected chi connectivity index (χ3v) is 9.70. The van der Waals surface area contributed by atoms with Crippen LogP contribution in [0.4, 0.5) is 0 Å². The van der Waals surface area contributed by atoms with Gasteiger partial charge in [0.25, 0.3) is 5.91 Å². The molecule has 10 heteroatoms. The number of fused-ring (bicyclic) bond motifs is 1. The van der Waals surface area contributed by atoms with E-state index < -0.39 is 6.04 Å². The van der Waals surface area contributed by atoms with Gasteiger partial charge in [0, 0.05) is 61.8 Å². The third-order valence-electron chi connectivity index (χ3n) is 9.45. The van der Waals surface area contributed by atoms with E-state index in [4.69, 9.17) is 11.6 Å². The zero-order valence-corrected chi connectivity index (χ0v) is 28.9. The van der Waals surface area contributed by atoms with Crippen molar-refractivity contribution in [2.45, 2.75) is 64.5 Å². The number of piperazine rings is 1. The first kappa shape index (κ1) is 37.0. The zero-order chi connectivity index (χ0) is 30.2. The Morgan fingerprint density at radius 1 is 0.933 bits per heavy atom. The second-order valence-corrected chi connectivity index (χ2v) is 12.5. The molecule has 2 aliphatic rings. The number of halogens is 3. The number of hydrogen-bond acceptors (Lipinski definition) is 5. The number of likely N-dealkylation sites (N-methyl/N-ethyl adjacent to an activating group) is 1. The molecule has 1 N–H and O–H groups in total. The van der Waals surface area contributed by atoms with Crippen LogP contribution in [0.25, 0.3) is 10.8 Å². The molecule has 1 aliphatic heterocycles. The number of pyridine rings is 1. The molecule has 1 saturated carbocycles. The molecule has 246 valence electrons. The highest BCUT2D eigenvalue weighted by molar-refractivity contribution is 6.30. The van der Waals surface area contributed by atoms with Crippen molar-refractivity contribution in [1.29, 1.82) is 0 Å². The van der Waals surface area contributed by atoms with E-state index >= 15 is 0 Å². The van der Waals surface area contributed by atoms with Crippen LogP contribution < -0.4 is 5.32 Å². The predicted molar refractivity (Wildman–Crippen MR) is 189 cm³/mol. The lowest BCUT2D eigenvalue weighted by molar-refractivity contribution is -0.135. The van der Waals surface area contributed by atoms with Crippen molar-refractivity contribution in [1.82, 2.24) is 25.0 Å². The summed E-state index contributed by atoms with van der Waals surface area (Å²) in [6, 6.07) is 16.9. The summed E-state index contributed by atoms with van der Waals surface area (Å²) in [5.41, 5.74) is 1.26. The summed E-state index contributed by atoms with van der Waals surface area (Å²) in [6.07, 6.45) is 8.73. The summed E-state index contributed by atoms with van der Waals surface area (Å²) in [5, 5.41) is 5.59. The summed E-state index contributed by atoms with van der Waals surface area (Å²) in [6.45, 7) is 10.8. The first-order valence-electron chi connectivity index (χ1n) is 16.1. The van der Waals surface area contributed by atoms with Gasteiger partial charge in [-0.1, -0.05) is 81.1 Å². The zero-order valence-electron chi connectivity index (χ0n) is 26.5. The van der Waals surface area contributed by atoms with Crippen LogP contribution in [0.2, 0.25) is 5.02 Å². The van der Waals surface area contributed by atoms with E-state index in [1.165, 1.54) is 32.1 Å². The minimum atomic E-state index is -0.696. The molecule has 0 radical (unpaired) electrons. The number of amides is 2. The molecule has 2 fully saturated rings. The van der Waals surface area contributed by atoms with Gasteiger partial charge in [-0.25, -0.2) is 0 Å². The molecule has 7 nitrogen and oxygen atoms in total. The van der Waals surface area contributed by atoms with Crippen LogP contribution >= 0.6 is 36.4 Å². The third kappa shape index (κ3) is 9.79. The average molecular weight is 677 g/mol. The van der Waals surface area contributed by atoms with Crippen molar-refractivity contribution in [3.8, 4) is 0 Å². The molecular weight excluding hydrogens is 629 g/mol. The normalized spacial score (nSPS) is 17.3. The number of benzene rings is 2. The Morgan fingerprint density at radius 3 is 2.22 bits per heavy atom. The van der Waals surface area contributed by atoms with Crippen molar-refractivity contribution < 1.29 is 9.59 Å². The molecule has 1 saturated heterocycles. The Balaban J connectivity index is 0.00000276. The number of carbonyl (C=O) groups is 2. The summed E-state index contributed by atoms with van der Waals surface area (Å²) in [5.74, 6) is 0.345. The summed E-state index contributed by atoms with van der Waals surface area (Å²) < 4.78 is 0. The number of rotatable bonds is 11. The minimum absolute atomic E-state index is 0. The van der Waals surface area contributed by atoms with Crippen molar-refractivity contribution in [2.75, 3.05) is 45.8 Å². The van der Waals surface area contributed by atoms with Crippen LogP contribution in [0.15, 0.2) is 60.8 Å². The van der Waals surface area contributed by atoms with E-state index in [0.717, 1.165) is 55.0 Å². The van der Waals surface area contributed by atoms with Crippen LogP contribution in [-0.4, -0.2) is 89.4 Å². The smallest absolute Gasteiger partial charge is 0.270 e. The first-order valence-corrected chi connectivity index (χ1v) is 16.5. The predicted octanol–water partition coefficient (Wildman–Crippen LogP) is 6.51. The topological polar surface area (TPSA) is 68.8 Å². The van der Waals surface area contributed by atoms with Crippen molar-refractivity contribution in [3.63, 3.8) is 0 Å². The Kier molecular flexibility index (Phi) is 14.9. The Hall–Kier alpha value is -2.42. The molecule has 2 atom stereocenters. The molecule has 45 heavy (non-hydrogen) atoms. The van der Waals surface area contributed by atoms with Crippen molar-refractivity contribution in [3.05, 3.63) is 77.1 Å². The highest BCUT2D eigenvalue weighted by Crippen LogP contribution is 2.30. The van der Waals surface area contributed by atoms with Crippen LogP contribution in [0.1, 0.15) is 62.0 Å².